The average Bonchev–Trinajstić information content (AvgIpc) is 3.27. The molecule has 0 saturated heterocycles. The Bertz CT molecular complexity index is 2750. The second-order valence-electron chi connectivity index (χ2n) is 18.5. The number of fused-ring (bicyclic) bond motifs is 4. The Hall–Kier alpha value is -6.36. The summed E-state index contributed by atoms with van der Waals surface area (Å²) in [6, 6.07) is 69.4. The number of ether oxygens (including phenoxy) is 2. The molecule has 2 aliphatic heterocycles. The van der Waals surface area contributed by atoms with Crippen molar-refractivity contribution in [2.45, 2.75) is 52.4 Å². The Morgan fingerprint density at radius 3 is 1.23 bits per heavy atom. The molecule has 0 unspecified atom stereocenters. The van der Waals surface area contributed by atoms with Crippen molar-refractivity contribution in [3.05, 3.63) is 199 Å². The molecule has 0 bridgehead atoms. The molecule has 0 spiro atoms. The predicted molar refractivity (Wildman–Crippen MR) is 256 cm³/mol. The Morgan fingerprint density at radius 2 is 0.783 bits per heavy atom. The summed E-state index contributed by atoms with van der Waals surface area (Å²) >= 11 is 0. The third kappa shape index (κ3) is 6.24. The van der Waals surface area contributed by atoms with Gasteiger partial charge in [0, 0.05) is 16.6 Å². The standard InChI is InChI=1S/C56H49BO2Si/c1-55(2,3)40-30-32-50-48(35-40)57-49-36-41(56(4,5)6)31-33-51(49)59-54-47(37-46(53(58-50)52(54)57)38-20-11-7-12-21-38)39-22-19-29-45(34-39)60(42-23-13-8-14-24-42,43-25-15-9-16-26-43)44-27-17-10-18-28-44/h7-37H,1-6H3. The predicted octanol–water partition coefficient (Wildman–Crippen LogP) is 9.72. The lowest BCUT2D eigenvalue weighted by atomic mass is 9.34. The smallest absolute Gasteiger partial charge is 0.260 e. The van der Waals surface area contributed by atoms with Crippen LogP contribution in [0.15, 0.2) is 188 Å². The van der Waals surface area contributed by atoms with E-state index in [1.54, 1.807) is 0 Å². The topological polar surface area (TPSA) is 18.5 Å². The van der Waals surface area contributed by atoms with E-state index in [4.69, 9.17) is 9.47 Å². The average molecular weight is 793 g/mol. The number of benzene rings is 8. The van der Waals surface area contributed by atoms with Gasteiger partial charge in [-0.3, -0.25) is 0 Å². The minimum atomic E-state index is -2.82. The fraction of sp³-hybridized carbons (Fsp3) is 0.143. The van der Waals surface area contributed by atoms with Gasteiger partial charge in [0.05, 0.1) is 0 Å². The van der Waals surface area contributed by atoms with E-state index in [0.29, 0.717) is 0 Å². The molecule has 0 aliphatic carbocycles. The summed E-state index contributed by atoms with van der Waals surface area (Å²) in [5.41, 5.74) is 10.3. The number of hydrogen-bond acceptors (Lipinski definition) is 2. The highest BCUT2D eigenvalue weighted by molar-refractivity contribution is 7.20. The molecule has 60 heavy (non-hydrogen) atoms. The van der Waals surface area contributed by atoms with E-state index in [9.17, 15) is 0 Å². The lowest BCUT2D eigenvalue weighted by Crippen LogP contribution is -2.74. The van der Waals surface area contributed by atoms with Gasteiger partial charge in [-0.15, -0.1) is 0 Å². The lowest BCUT2D eigenvalue weighted by molar-refractivity contribution is 0.466. The summed E-state index contributed by atoms with van der Waals surface area (Å²) in [6.45, 7) is 13.6. The van der Waals surface area contributed by atoms with Crippen LogP contribution in [0.1, 0.15) is 52.7 Å². The third-order valence-electron chi connectivity index (χ3n) is 12.7. The second-order valence-corrected chi connectivity index (χ2v) is 22.3. The molecule has 0 aromatic heterocycles. The van der Waals surface area contributed by atoms with Crippen LogP contribution in [0.3, 0.4) is 0 Å². The minimum absolute atomic E-state index is 0.0382. The fourth-order valence-electron chi connectivity index (χ4n) is 9.55. The molecule has 0 radical (unpaired) electrons. The van der Waals surface area contributed by atoms with Gasteiger partial charge < -0.3 is 9.47 Å². The van der Waals surface area contributed by atoms with Gasteiger partial charge in [0.25, 0.3) is 6.71 Å². The summed E-state index contributed by atoms with van der Waals surface area (Å²) in [7, 11) is -2.82. The van der Waals surface area contributed by atoms with Crippen LogP contribution < -0.4 is 46.6 Å². The molecule has 2 aliphatic rings. The maximum Gasteiger partial charge on any atom is 0.260 e. The van der Waals surface area contributed by atoms with Crippen LogP contribution >= 0.6 is 0 Å². The summed E-state index contributed by atoms with van der Waals surface area (Å²) in [5, 5.41) is 5.34. The highest BCUT2D eigenvalue weighted by atomic mass is 28.3. The lowest BCUT2D eigenvalue weighted by Gasteiger charge is -2.37. The van der Waals surface area contributed by atoms with Crippen LogP contribution in [-0.4, -0.2) is 14.8 Å². The molecule has 0 amide bonds. The van der Waals surface area contributed by atoms with E-state index in [-0.39, 0.29) is 17.5 Å². The van der Waals surface area contributed by atoms with E-state index in [2.05, 4.69) is 230 Å². The minimum Gasteiger partial charge on any atom is -0.458 e. The van der Waals surface area contributed by atoms with Crippen LogP contribution in [0.25, 0.3) is 22.3 Å². The van der Waals surface area contributed by atoms with Crippen molar-refractivity contribution in [3.63, 3.8) is 0 Å². The maximum absolute atomic E-state index is 7.29. The first kappa shape index (κ1) is 37.9. The van der Waals surface area contributed by atoms with Gasteiger partial charge in [-0.1, -0.05) is 211 Å². The van der Waals surface area contributed by atoms with Crippen molar-refractivity contribution in [2.75, 3.05) is 0 Å². The number of rotatable bonds is 6. The van der Waals surface area contributed by atoms with E-state index in [1.165, 1.54) is 42.8 Å². The first-order valence-corrected chi connectivity index (χ1v) is 23.2. The molecule has 2 nitrogen and oxygen atoms in total. The highest BCUT2D eigenvalue weighted by Gasteiger charge is 2.45. The number of hydrogen-bond donors (Lipinski definition) is 0. The molecule has 0 atom stereocenters. The molecule has 10 rings (SSSR count). The van der Waals surface area contributed by atoms with E-state index >= 15 is 0 Å². The van der Waals surface area contributed by atoms with Crippen molar-refractivity contribution in [1.82, 2.24) is 0 Å². The zero-order valence-corrected chi connectivity index (χ0v) is 36.3. The van der Waals surface area contributed by atoms with Gasteiger partial charge in [-0.25, -0.2) is 0 Å². The van der Waals surface area contributed by atoms with Gasteiger partial charge in [0.2, 0.25) is 0 Å². The molecule has 8 aromatic rings. The van der Waals surface area contributed by atoms with Crippen molar-refractivity contribution >= 4 is 51.9 Å². The quantitative estimate of drug-likeness (QED) is 0.123. The zero-order valence-electron chi connectivity index (χ0n) is 35.3. The van der Waals surface area contributed by atoms with Gasteiger partial charge in [0.1, 0.15) is 23.0 Å². The maximum atomic E-state index is 7.29. The second kappa shape index (κ2) is 14.4. The van der Waals surface area contributed by atoms with Crippen molar-refractivity contribution in [1.29, 1.82) is 0 Å². The van der Waals surface area contributed by atoms with Crippen LogP contribution in [0.4, 0.5) is 0 Å². The molecule has 2 heterocycles. The van der Waals surface area contributed by atoms with Gasteiger partial charge in [0.15, 0.2) is 8.07 Å². The zero-order chi connectivity index (χ0) is 41.2. The largest absolute Gasteiger partial charge is 0.458 e. The van der Waals surface area contributed by atoms with Crippen LogP contribution in [0.5, 0.6) is 23.0 Å². The molecule has 0 N–H and O–H groups in total. The van der Waals surface area contributed by atoms with Crippen LogP contribution in [0, 0.1) is 0 Å². The first-order valence-electron chi connectivity index (χ1n) is 21.2. The van der Waals surface area contributed by atoms with Gasteiger partial charge in [-0.2, -0.15) is 0 Å². The van der Waals surface area contributed by atoms with Gasteiger partial charge in [-0.05, 0) is 83.0 Å². The summed E-state index contributed by atoms with van der Waals surface area (Å²) < 4.78 is 14.5. The van der Waals surface area contributed by atoms with Crippen molar-refractivity contribution in [2.24, 2.45) is 0 Å². The molecular formula is C56H49BO2Si. The Morgan fingerprint density at radius 1 is 0.383 bits per heavy atom. The van der Waals surface area contributed by atoms with Crippen molar-refractivity contribution in [3.8, 4) is 45.3 Å². The fourth-order valence-corrected chi connectivity index (χ4v) is 14.3. The van der Waals surface area contributed by atoms with Crippen molar-refractivity contribution < 1.29 is 9.47 Å². The van der Waals surface area contributed by atoms with Crippen LogP contribution in [0.2, 0.25) is 0 Å². The molecule has 292 valence electrons. The third-order valence-corrected chi connectivity index (χ3v) is 17.4. The van der Waals surface area contributed by atoms with E-state index in [1.807, 2.05) is 0 Å². The van der Waals surface area contributed by atoms with Crippen LogP contribution in [-0.2, 0) is 10.8 Å². The van der Waals surface area contributed by atoms with E-state index in [0.717, 1.165) is 50.7 Å². The summed E-state index contributed by atoms with van der Waals surface area (Å²) in [4.78, 5) is 0. The summed E-state index contributed by atoms with van der Waals surface area (Å²) in [6.07, 6.45) is 0. The van der Waals surface area contributed by atoms with Gasteiger partial charge >= 0.3 is 0 Å². The molecule has 0 fully saturated rings. The Balaban J connectivity index is 1.28. The Labute approximate surface area is 356 Å². The monoisotopic (exact) mass is 792 g/mol. The highest BCUT2D eigenvalue weighted by Crippen LogP contribution is 2.46. The first-order chi connectivity index (χ1) is 29.0. The summed E-state index contributed by atoms with van der Waals surface area (Å²) in [5.74, 6) is 3.52. The molecule has 0 saturated carbocycles. The SMILES string of the molecule is CC(C)(C)c1ccc2c(c1)B1c3cc(C(C)(C)C)ccc3Oc3c(-c4cccc([Si](c5ccccc5)(c5ccccc5)c5ccccc5)c4)cc(-c4ccccc4)c(c31)O2. The molecular weight excluding hydrogens is 744 g/mol. The Kier molecular flexibility index (Phi) is 9.11. The normalized spacial score (nSPS) is 13.1. The molecule has 4 heteroatoms. The van der Waals surface area contributed by atoms with E-state index < -0.39 is 8.07 Å². The molecule has 8 aromatic carbocycles.